The summed E-state index contributed by atoms with van der Waals surface area (Å²) >= 11 is 7.61. The van der Waals surface area contributed by atoms with Gasteiger partial charge < -0.3 is 10.2 Å². The Hall–Kier alpha value is 0.620. The van der Waals surface area contributed by atoms with Gasteiger partial charge in [-0.05, 0) is 6.92 Å². The molecule has 10 heavy (non-hydrogen) atoms. The van der Waals surface area contributed by atoms with Crippen molar-refractivity contribution in [3.63, 3.8) is 0 Å². The van der Waals surface area contributed by atoms with Gasteiger partial charge in [0.2, 0.25) is 0 Å². The zero-order valence-electron chi connectivity index (χ0n) is 6.36. The lowest BCUT2D eigenvalue weighted by Gasteiger charge is -1.89. The lowest BCUT2D eigenvalue weighted by molar-refractivity contribution is 0.221. The standard InChI is InChI=1S/2C3H8OS/c1-3(4)2-5;1-3(5)2-4/h2*3-5H,2H2,1H3. The van der Waals surface area contributed by atoms with Gasteiger partial charge in [-0.25, -0.2) is 0 Å². The normalized spacial score (nSPS) is 15.0. The van der Waals surface area contributed by atoms with Crippen LogP contribution < -0.4 is 0 Å². The molecule has 0 radical (unpaired) electrons. The highest BCUT2D eigenvalue weighted by atomic mass is 32.1. The van der Waals surface area contributed by atoms with E-state index < -0.39 is 0 Å². The topological polar surface area (TPSA) is 40.5 Å². The average molecular weight is 184 g/mol. The van der Waals surface area contributed by atoms with E-state index in [0.29, 0.717) is 5.75 Å². The molecule has 2 nitrogen and oxygen atoms in total. The molecule has 64 valence electrons. The molecule has 2 atom stereocenters. The first-order valence-electron chi connectivity index (χ1n) is 3.12. The second-order valence-electron chi connectivity index (χ2n) is 2.06. The number of hydrogen-bond donors (Lipinski definition) is 4. The van der Waals surface area contributed by atoms with Gasteiger partial charge in [0.1, 0.15) is 0 Å². The molecule has 0 aromatic carbocycles. The smallest absolute Gasteiger partial charge is 0.0599 e. The zero-order chi connectivity index (χ0) is 8.57. The number of rotatable bonds is 2. The quantitative estimate of drug-likeness (QED) is 0.475. The first-order valence-corrected chi connectivity index (χ1v) is 4.27. The van der Waals surface area contributed by atoms with Crippen molar-refractivity contribution in [2.75, 3.05) is 12.4 Å². The second kappa shape index (κ2) is 9.62. The molecule has 0 fully saturated rings. The fourth-order valence-corrected chi connectivity index (χ4v) is 0. The Kier molecular flexibility index (Phi) is 12.7. The molecule has 0 amide bonds. The SMILES string of the molecule is CC(O)CS.CC(S)CO. The maximum absolute atomic E-state index is 8.28. The molecule has 2 N–H and O–H groups in total. The van der Waals surface area contributed by atoms with Gasteiger partial charge in [0.25, 0.3) is 0 Å². The van der Waals surface area contributed by atoms with Crippen molar-refractivity contribution in [1.82, 2.24) is 0 Å². The van der Waals surface area contributed by atoms with Crippen LogP contribution in [0.4, 0.5) is 0 Å². The fraction of sp³-hybridized carbons (Fsp3) is 1.00. The van der Waals surface area contributed by atoms with Crippen molar-refractivity contribution >= 4 is 25.3 Å². The summed E-state index contributed by atoms with van der Waals surface area (Å²) in [7, 11) is 0. The third-order valence-electron chi connectivity index (χ3n) is 0.528. The van der Waals surface area contributed by atoms with Crippen LogP contribution in [0.25, 0.3) is 0 Å². The number of aliphatic hydroxyl groups excluding tert-OH is 2. The number of aliphatic hydroxyl groups is 2. The molecule has 0 rings (SSSR count). The predicted molar refractivity (Wildman–Crippen MR) is 51.1 cm³/mol. The lowest BCUT2D eigenvalue weighted by atomic mass is 10.5. The molecule has 0 aliphatic carbocycles. The Labute approximate surface area is 73.5 Å². The number of thiol groups is 2. The Morgan fingerprint density at radius 1 is 1.40 bits per heavy atom. The van der Waals surface area contributed by atoms with Crippen LogP contribution in [0, 0.1) is 0 Å². The summed E-state index contributed by atoms with van der Waals surface area (Å²) in [5.41, 5.74) is 0. The average Bonchev–Trinajstić information content (AvgIpc) is 1.89. The molecular weight excluding hydrogens is 168 g/mol. The van der Waals surface area contributed by atoms with E-state index in [1.54, 1.807) is 6.92 Å². The Bertz CT molecular complexity index is 49.7. The van der Waals surface area contributed by atoms with Crippen LogP contribution in [-0.2, 0) is 0 Å². The van der Waals surface area contributed by atoms with Crippen LogP contribution in [0.3, 0.4) is 0 Å². The third kappa shape index (κ3) is 23.4. The van der Waals surface area contributed by atoms with Gasteiger partial charge >= 0.3 is 0 Å². The van der Waals surface area contributed by atoms with Crippen molar-refractivity contribution < 1.29 is 10.2 Å². The third-order valence-corrected chi connectivity index (χ3v) is 1.22. The van der Waals surface area contributed by atoms with Gasteiger partial charge in [-0.2, -0.15) is 25.3 Å². The fourth-order valence-electron chi connectivity index (χ4n) is 0. The minimum absolute atomic E-state index is 0.134. The van der Waals surface area contributed by atoms with E-state index in [4.69, 9.17) is 10.2 Å². The van der Waals surface area contributed by atoms with E-state index in [0.717, 1.165) is 0 Å². The van der Waals surface area contributed by atoms with E-state index in [1.165, 1.54) is 0 Å². The van der Waals surface area contributed by atoms with Gasteiger partial charge in [-0.15, -0.1) is 0 Å². The zero-order valence-corrected chi connectivity index (χ0v) is 8.15. The molecule has 4 heteroatoms. The molecule has 0 heterocycles. The Morgan fingerprint density at radius 2 is 1.60 bits per heavy atom. The molecule has 0 saturated heterocycles. The molecule has 0 aromatic heterocycles. The summed E-state index contributed by atoms with van der Waals surface area (Å²) in [6.07, 6.45) is -0.252. The molecule has 0 aliphatic heterocycles. The molecule has 0 saturated carbocycles. The Balaban J connectivity index is 0. The number of hydrogen-bond acceptors (Lipinski definition) is 4. The summed E-state index contributed by atoms with van der Waals surface area (Å²) in [5, 5.41) is 16.5. The molecular formula is C6H16O2S2. The van der Waals surface area contributed by atoms with Crippen molar-refractivity contribution in [2.45, 2.75) is 25.2 Å². The highest BCUT2D eigenvalue weighted by molar-refractivity contribution is 7.81. The van der Waals surface area contributed by atoms with E-state index in [1.807, 2.05) is 6.92 Å². The van der Waals surface area contributed by atoms with Crippen LogP contribution in [0.5, 0.6) is 0 Å². The summed E-state index contributed by atoms with van der Waals surface area (Å²) in [6, 6.07) is 0. The van der Waals surface area contributed by atoms with E-state index in [-0.39, 0.29) is 18.0 Å². The van der Waals surface area contributed by atoms with Gasteiger partial charge in [0.05, 0.1) is 12.7 Å². The van der Waals surface area contributed by atoms with Crippen LogP contribution in [-0.4, -0.2) is 33.9 Å². The molecule has 0 bridgehead atoms. The van der Waals surface area contributed by atoms with Gasteiger partial charge in [0, 0.05) is 11.0 Å². The minimum atomic E-state index is -0.252. The first-order chi connectivity index (χ1) is 4.54. The van der Waals surface area contributed by atoms with Crippen LogP contribution in [0.1, 0.15) is 13.8 Å². The van der Waals surface area contributed by atoms with Crippen molar-refractivity contribution in [3.8, 4) is 0 Å². The molecule has 0 aromatic rings. The summed E-state index contributed by atoms with van der Waals surface area (Å²) in [6.45, 7) is 3.71. The lowest BCUT2D eigenvalue weighted by Crippen LogP contribution is -1.98. The maximum Gasteiger partial charge on any atom is 0.0599 e. The van der Waals surface area contributed by atoms with Crippen molar-refractivity contribution in [1.29, 1.82) is 0 Å². The van der Waals surface area contributed by atoms with E-state index in [2.05, 4.69) is 25.3 Å². The van der Waals surface area contributed by atoms with Crippen molar-refractivity contribution in [3.05, 3.63) is 0 Å². The van der Waals surface area contributed by atoms with Gasteiger partial charge in [-0.1, -0.05) is 6.92 Å². The van der Waals surface area contributed by atoms with Crippen LogP contribution in [0.15, 0.2) is 0 Å². The van der Waals surface area contributed by atoms with Gasteiger partial charge in [-0.3, -0.25) is 0 Å². The highest BCUT2D eigenvalue weighted by Crippen LogP contribution is 1.85. The summed E-state index contributed by atoms with van der Waals surface area (Å²) in [4.78, 5) is 0. The summed E-state index contributed by atoms with van der Waals surface area (Å²) < 4.78 is 0. The Morgan fingerprint density at radius 3 is 1.60 bits per heavy atom. The predicted octanol–water partition coefficient (Wildman–Crippen LogP) is 0.594. The molecule has 2 unspecified atom stereocenters. The summed E-state index contributed by atoms with van der Waals surface area (Å²) in [5.74, 6) is 0.556. The van der Waals surface area contributed by atoms with E-state index >= 15 is 0 Å². The van der Waals surface area contributed by atoms with Crippen LogP contribution in [0.2, 0.25) is 0 Å². The highest BCUT2D eigenvalue weighted by Gasteiger charge is 1.83. The first kappa shape index (κ1) is 13.2. The van der Waals surface area contributed by atoms with Crippen LogP contribution >= 0.6 is 25.3 Å². The second-order valence-corrected chi connectivity index (χ2v) is 3.31. The minimum Gasteiger partial charge on any atom is -0.395 e. The maximum atomic E-state index is 8.28. The van der Waals surface area contributed by atoms with Crippen molar-refractivity contribution in [2.24, 2.45) is 0 Å². The van der Waals surface area contributed by atoms with Gasteiger partial charge in [0.15, 0.2) is 0 Å². The largest absolute Gasteiger partial charge is 0.395 e. The van der Waals surface area contributed by atoms with E-state index in [9.17, 15) is 0 Å². The molecule has 0 spiro atoms. The molecule has 0 aliphatic rings. The monoisotopic (exact) mass is 184 g/mol.